The van der Waals surface area contributed by atoms with Crippen LogP contribution in [0.1, 0.15) is 92.4 Å². The van der Waals surface area contributed by atoms with E-state index in [4.69, 9.17) is 0 Å². The summed E-state index contributed by atoms with van der Waals surface area (Å²) in [4.78, 5) is 0. The third kappa shape index (κ3) is 7.55. The van der Waals surface area contributed by atoms with Gasteiger partial charge in [-0.1, -0.05) is 85.8 Å². The monoisotopic (exact) mass is 336 g/mol. The van der Waals surface area contributed by atoms with E-state index >= 15 is 0 Å². The van der Waals surface area contributed by atoms with Gasteiger partial charge in [-0.05, 0) is 61.7 Å². The average molecular weight is 337 g/mol. The van der Waals surface area contributed by atoms with Gasteiger partial charge in [-0.2, -0.15) is 0 Å². The lowest BCUT2D eigenvalue weighted by Crippen LogP contribution is -2.00. The van der Waals surface area contributed by atoms with Crippen LogP contribution in [0.3, 0.4) is 0 Å². The molecule has 0 N–H and O–H groups in total. The lowest BCUT2D eigenvalue weighted by atomic mass is 9.92. The zero-order valence-corrected chi connectivity index (χ0v) is 17.5. The first kappa shape index (κ1) is 21.0. The van der Waals surface area contributed by atoms with Crippen molar-refractivity contribution in [1.82, 2.24) is 0 Å². The van der Waals surface area contributed by atoms with Crippen molar-refractivity contribution in [2.45, 2.75) is 92.4 Å². The smallest absolute Gasteiger partial charge is 0.0283 e. The van der Waals surface area contributed by atoms with Gasteiger partial charge in [0.15, 0.2) is 0 Å². The first-order valence-electron chi connectivity index (χ1n) is 10.1. The van der Waals surface area contributed by atoms with Crippen LogP contribution >= 0.6 is 7.92 Å². The molecular weight excluding hydrogens is 295 g/mol. The molecule has 0 radical (unpaired) electrons. The SMILES string of the molecule is C=C(/C(C)=C(/C)CCCC1CCCC(C)CC1)P(CC)CCC. The molecule has 0 bridgehead atoms. The maximum atomic E-state index is 4.46. The molecule has 1 fully saturated rings. The summed E-state index contributed by atoms with van der Waals surface area (Å²) in [6.07, 6.45) is 15.4. The minimum absolute atomic E-state index is 0.0204. The normalized spacial score (nSPS) is 24.7. The van der Waals surface area contributed by atoms with Gasteiger partial charge in [0, 0.05) is 0 Å². The van der Waals surface area contributed by atoms with E-state index in [1.165, 1.54) is 81.0 Å². The number of hydrogen-bond donors (Lipinski definition) is 0. The molecule has 0 aromatic carbocycles. The molecule has 0 aliphatic heterocycles. The van der Waals surface area contributed by atoms with E-state index in [1.54, 1.807) is 5.57 Å². The zero-order chi connectivity index (χ0) is 17.2. The van der Waals surface area contributed by atoms with Crippen LogP contribution < -0.4 is 0 Å². The van der Waals surface area contributed by atoms with E-state index in [2.05, 4.69) is 41.2 Å². The molecule has 1 saturated carbocycles. The second kappa shape index (κ2) is 11.5. The van der Waals surface area contributed by atoms with Crippen LogP contribution in [0.5, 0.6) is 0 Å². The van der Waals surface area contributed by atoms with Crippen molar-refractivity contribution in [2.75, 3.05) is 12.3 Å². The van der Waals surface area contributed by atoms with Gasteiger partial charge in [0.05, 0.1) is 0 Å². The Balaban J connectivity index is 2.44. The first-order valence-corrected chi connectivity index (χ1v) is 11.8. The Kier molecular flexibility index (Phi) is 10.4. The van der Waals surface area contributed by atoms with Crippen LogP contribution in [0.15, 0.2) is 23.0 Å². The highest BCUT2D eigenvalue weighted by Crippen LogP contribution is 2.48. The Morgan fingerprint density at radius 2 is 1.83 bits per heavy atom. The maximum Gasteiger partial charge on any atom is -0.0283 e. The fourth-order valence-corrected chi connectivity index (χ4v) is 6.11. The van der Waals surface area contributed by atoms with Crippen LogP contribution in [0.2, 0.25) is 0 Å². The molecule has 3 atom stereocenters. The van der Waals surface area contributed by atoms with Gasteiger partial charge in [-0.25, -0.2) is 0 Å². The van der Waals surface area contributed by atoms with Gasteiger partial charge in [-0.3, -0.25) is 0 Å². The second-order valence-electron chi connectivity index (χ2n) is 7.80. The lowest BCUT2D eigenvalue weighted by Gasteiger charge is -2.21. The Bertz CT molecular complexity index is 379. The van der Waals surface area contributed by atoms with Crippen LogP contribution in [0.4, 0.5) is 0 Å². The van der Waals surface area contributed by atoms with E-state index in [0.29, 0.717) is 0 Å². The number of hydrogen-bond acceptors (Lipinski definition) is 0. The number of allylic oxidation sites excluding steroid dienone is 3. The summed E-state index contributed by atoms with van der Waals surface area (Å²) in [5.74, 6) is 1.98. The predicted octanol–water partition coefficient (Wildman–Crippen LogP) is 8.14. The van der Waals surface area contributed by atoms with Crippen LogP contribution in [0, 0.1) is 11.8 Å². The quantitative estimate of drug-likeness (QED) is 0.226. The molecule has 0 saturated heterocycles. The van der Waals surface area contributed by atoms with Crippen molar-refractivity contribution >= 4 is 7.92 Å². The largest absolute Gasteiger partial charge is 0.0910 e. The summed E-state index contributed by atoms with van der Waals surface area (Å²) in [5, 5.41) is 1.48. The molecular formula is C22H41P. The molecule has 0 aromatic heterocycles. The summed E-state index contributed by atoms with van der Waals surface area (Å²) in [6, 6.07) is 0. The topological polar surface area (TPSA) is 0 Å². The van der Waals surface area contributed by atoms with Crippen molar-refractivity contribution in [2.24, 2.45) is 11.8 Å². The van der Waals surface area contributed by atoms with Gasteiger partial charge in [0.1, 0.15) is 0 Å². The molecule has 1 aliphatic rings. The van der Waals surface area contributed by atoms with Gasteiger partial charge >= 0.3 is 0 Å². The number of rotatable bonds is 9. The van der Waals surface area contributed by atoms with Crippen molar-refractivity contribution in [3.8, 4) is 0 Å². The van der Waals surface area contributed by atoms with E-state index < -0.39 is 0 Å². The molecule has 134 valence electrons. The molecule has 0 heterocycles. The van der Waals surface area contributed by atoms with Crippen molar-refractivity contribution in [1.29, 1.82) is 0 Å². The summed E-state index contributed by atoms with van der Waals surface area (Å²) >= 11 is 0. The molecule has 0 aromatic rings. The fraction of sp³-hybridized carbons (Fsp3) is 0.818. The standard InChI is InChI=1S/C22H41P/c1-7-17-23(8-2)21(6)20(5)19(4)12-10-14-22-13-9-11-18(3)15-16-22/h18,22H,6-17H2,1-5H3/b20-19-. The molecule has 1 heteroatoms. The molecule has 1 rings (SSSR count). The van der Waals surface area contributed by atoms with Crippen LogP contribution in [-0.2, 0) is 0 Å². The summed E-state index contributed by atoms with van der Waals surface area (Å²) in [5.41, 5.74) is 3.13. The summed E-state index contributed by atoms with van der Waals surface area (Å²) in [6.45, 7) is 16.2. The molecule has 1 aliphatic carbocycles. The molecule has 0 nitrogen and oxygen atoms in total. The highest BCUT2D eigenvalue weighted by Gasteiger charge is 2.16. The van der Waals surface area contributed by atoms with E-state index in [-0.39, 0.29) is 7.92 Å². The Labute approximate surface area is 148 Å². The van der Waals surface area contributed by atoms with Crippen molar-refractivity contribution in [3.05, 3.63) is 23.0 Å². The molecule has 23 heavy (non-hydrogen) atoms. The highest BCUT2D eigenvalue weighted by atomic mass is 31.1. The predicted molar refractivity (Wildman–Crippen MR) is 110 cm³/mol. The molecule has 3 unspecified atom stereocenters. The third-order valence-corrected chi connectivity index (χ3v) is 8.72. The van der Waals surface area contributed by atoms with E-state index in [0.717, 1.165) is 11.8 Å². The molecule has 0 spiro atoms. The summed E-state index contributed by atoms with van der Waals surface area (Å²) < 4.78 is 0. The van der Waals surface area contributed by atoms with Gasteiger partial charge < -0.3 is 0 Å². The third-order valence-electron chi connectivity index (χ3n) is 5.87. The lowest BCUT2D eigenvalue weighted by molar-refractivity contribution is 0.407. The first-order chi connectivity index (χ1) is 11.0. The summed E-state index contributed by atoms with van der Waals surface area (Å²) in [7, 11) is 0.0204. The minimum atomic E-state index is 0.0204. The minimum Gasteiger partial charge on any atom is -0.0910 e. The van der Waals surface area contributed by atoms with E-state index in [9.17, 15) is 0 Å². The van der Waals surface area contributed by atoms with Gasteiger partial charge in [0.25, 0.3) is 0 Å². The van der Waals surface area contributed by atoms with E-state index in [1.807, 2.05) is 0 Å². The van der Waals surface area contributed by atoms with Crippen LogP contribution in [-0.4, -0.2) is 12.3 Å². The van der Waals surface area contributed by atoms with Crippen molar-refractivity contribution in [3.63, 3.8) is 0 Å². The Morgan fingerprint density at radius 3 is 2.48 bits per heavy atom. The maximum absolute atomic E-state index is 4.46. The van der Waals surface area contributed by atoms with Crippen LogP contribution in [0.25, 0.3) is 0 Å². The Hall–Kier alpha value is -0.0900. The second-order valence-corrected chi connectivity index (χ2v) is 10.5. The van der Waals surface area contributed by atoms with Crippen molar-refractivity contribution < 1.29 is 0 Å². The average Bonchev–Trinajstić information content (AvgIpc) is 2.75. The van der Waals surface area contributed by atoms with Gasteiger partial charge in [-0.15, -0.1) is 0 Å². The Morgan fingerprint density at radius 1 is 1.09 bits per heavy atom. The zero-order valence-electron chi connectivity index (χ0n) is 16.6. The fourth-order valence-electron chi connectivity index (χ4n) is 3.93. The van der Waals surface area contributed by atoms with Gasteiger partial charge in [0.2, 0.25) is 0 Å². The molecule has 0 amide bonds. The highest BCUT2D eigenvalue weighted by molar-refractivity contribution is 7.62.